The van der Waals surface area contributed by atoms with E-state index >= 15 is 0 Å². The summed E-state index contributed by atoms with van der Waals surface area (Å²) in [4.78, 5) is 3.82. The molecule has 0 aliphatic rings. The van der Waals surface area contributed by atoms with Gasteiger partial charge in [-0.25, -0.2) is 0 Å². The van der Waals surface area contributed by atoms with Gasteiger partial charge in [0.15, 0.2) is 0 Å². The Morgan fingerprint density at radius 1 is 1.36 bits per heavy atom. The van der Waals surface area contributed by atoms with Gasteiger partial charge in [-0.1, -0.05) is 0 Å². The second kappa shape index (κ2) is 4.90. The van der Waals surface area contributed by atoms with E-state index in [1.54, 1.807) is 6.07 Å². The van der Waals surface area contributed by atoms with Crippen LogP contribution in [0.5, 0.6) is 0 Å². The maximum atomic E-state index is 9.64. The molecule has 5 heteroatoms. The zero-order valence-electron chi connectivity index (χ0n) is 7.80. The SMILES string of the molecule is NCCC(O)C(O)c1cncc(N)c1. The van der Waals surface area contributed by atoms with Crippen LogP contribution in [0.3, 0.4) is 0 Å². The molecule has 2 unspecified atom stereocenters. The molecule has 1 aromatic heterocycles. The molecule has 14 heavy (non-hydrogen) atoms. The van der Waals surface area contributed by atoms with Gasteiger partial charge in [0.25, 0.3) is 0 Å². The van der Waals surface area contributed by atoms with Gasteiger partial charge in [-0.05, 0) is 19.0 Å². The van der Waals surface area contributed by atoms with E-state index in [9.17, 15) is 10.2 Å². The smallest absolute Gasteiger partial charge is 0.106 e. The van der Waals surface area contributed by atoms with E-state index in [4.69, 9.17) is 11.5 Å². The molecule has 0 fully saturated rings. The van der Waals surface area contributed by atoms with Gasteiger partial charge in [0.1, 0.15) is 6.10 Å². The first-order valence-electron chi connectivity index (χ1n) is 4.41. The van der Waals surface area contributed by atoms with Crippen LogP contribution in [0.4, 0.5) is 5.69 Å². The summed E-state index contributed by atoms with van der Waals surface area (Å²) in [5, 5.41) is 19.1. The molecule has 0 radical (unpaired) electrons. The Morgan fingerprint density at radius 2 is 2.07 bits per heavy atom. The van der Waals surface area contributed by atoms with Crippen molar-refractivity contribution in [2.45, 2.75) is 18.6 Å². The summed E-state index contributed by atoms with van der Waals surface area (Å²) >= 11 is 0. The van der Waals surface area contributed by atoms with E-state index in [-0.39, 0.29) is 0 Å². The van der Waals surface area contributed by atoms with Gasteiger partial charge in [0, 0.05) is 18.0 Å². The highest BCUT2D eigenvalue weighted by atomic mass is 16.3. The van der Waals surface area contributed by atoms with Crippen LogP contribution in [0.15, 0.2) is 18.5 Å². The van der Waals surface area contributed by atoms with Crippen LogP contribution >= 0.6 is 0 Å². The number of hydrogen-bond acceptors (Lipinski definition) is 5. The summed E-state index contributed by atoms with van der Waals surface area (Å²) in [5.74, 6) is 0. The number of hydrogen-bond donors (Lipinski definition) is 4. The molecule has 0 bridgehead atoms. The number of pyridine rings is 1. The first kappa shape index (κ1) is 10.9. The molecule has 1 heterocycles. The molecule has 1 aromatic rings. The molecule has 0 saturated heterocycles. The number of aliphatic hydroxyl groups excluding tert-OH is 2. The van der Waals surface area contributed by atoms with E-state index in [2.05, 4.69) is 4.98 Å². The lowest BCUT2D eigenvalue weighted by Gasteiger charge is -2.17. The number of nitrogen functional groups attached to an aromatic ring is 1. The van der Waals surface area contributed by atoms with Crippen LogP contribution in [0.25, 0.3) is 0 Å². The molecule has 0 saturated carbocycles. The topological polar surface area (TPSA) is 105 Å². The van der Waals surface area contributed by atoms with Gasteiger partial charge < -0.3 is 21.7 Å². The minimum Gasteiger partial charge on any atom is -0.397 e. The van der Waals surface area contributed by atoms with Gasteiger partial charge in [0.05, 0.1) is 11.8 Å². The molecule has 0 aliphatic heterocycles. The highest BCUT2D eigenvalue weighted by Gasteiger charge is 2.17. The maximum absolute atomic E-state index is 9.64. The maximum Gasteiger partial charge on any atom is 0.106 e. The molecule has 1 rings (SSSR count). The fraction of sp³-hybridized carbons (Fsp3) is 0.444. The molecule has 2 atom stereocenters. The third-order valence-corrected chi connectivity index (χ3v) is 1.95. The fourth-order valence-electron chi connectivity index (χ4n) is 1.19. The molecule has 0 amide bonds. The van der Waals surface area contributed by atoms with Gasteiger partial charge in [-0.2, -0.15) is 0 Å². The number of anilines is 1. The Bertz CT molecular complexity index is 293. The van der Waals surface area contributed by atoms with Crippen molar-refractivity contribution in [2.24, 2.45) is 5.73 Å². The highest BCUT2D eigenvalue weighted by Crippen LogP contribution is 2.19. The van der Waals surface area contributed by atoms with Crippen LogP contribution in [0.1, 0.15) is 18.1 Å². The first-order valence-corrected chi connectivity index (χ1v) is 4.41. The second-order valence-corrected chi connectivity index (χ2v) is 3.14. The van der Waals surface area contributed by atoms with Crippen LogP contribution < -0.4 is 11.5 Å². The number of aliphatic hydroxyl groups is 2. The van der Waals surface area contributed by atoms with Crippen LogP contribution in [-0.2, 0) is 0 Å². The van der Waals surface area contributed by atoms with Gasteiger partial charge in [-0.15, -0.1) is 0 Å². The molecule has 6 N–H and O–H groups in total. The van der Waals surface area contributed by atoms with E-state index < -0.39 is 12.2 Å². The lowest BCUT2D eigenvalue weighted by molar-refractivity contribution is 0.0148. The molecule has 0 aliphatic carbocycles. The van der Waals surface area contributed by atoms with E-state index in [0.717, 1.165) is 0 Å². The van der Waals surface area contributed by atoms with Crippen molar-refractivity contribution in [2.75, 3.05) is 12.3 Å². The normalized spacial score (nSPS) is 15.1. The summed E-state index contributed by atoms with van der Waals surface area (Å²) < 4.78 is 0. The van der Waals surface area contributed by atoms with Crippen molar-refractivity contribution in [3.05, 3.63) is 24.0 Å². The van der Waals surface area contributed by atoms with E-state index in [1.807, 2.05) is 0 Å². The highest BCUT2D eigenvalue weighted by molar-refractivity contribution is 5.37. The Hall–Kier alpha value is -1.17. The second-order valence-electron chi connectivity index (χ2n) is 3.14. The largest absolute Gasteiger partial charge is 0.397 e. The summed E-state index contributed by atoms with van der Waals surface area (Å²) in [6, 6.07) is 1.58. The Morgan fingerprint density at radius 3 is 2.64 bits per heavy atom. The monoisotopic (exact) mass is 197 g/mol. The third kappa shape index (κ3) is 2.66. The minimum atomic E-state index is -0.977. The van der Waals surface area contributed by atoms with Crippen LogP contribution in [0, 0.1) is 0 Å². The Balaban J connectivity index is 2.73. The standard InChI is InChI=1S/C9H15N3O2/c10-2-1-8(13)9(14)6-3-7(11)5-12-4-6/h3-5,8-9,13-14H,1-2,10-11H2. The minimum absolute atomic E-state index is 0.327. The van der Waals surface area contributed by atoms with Crippen molar-refractivity contribution in [1.82, 2.24) is 4.98 Å². The number of aromatic nitrogens is 1. The van der Waals surface area contributed by atoms with Gasteiger partial charge in [0.2, 0.25) is 0 Å². The average molecular weight is 197 g/mol. The third-order valence-electron chi connectivity index (χ3n) is 1.95. The predicted molar refractivity (Wildman–Crippen MR) is 53.3 cm³/mol. The predicted octanol–water partition coefficient (Wildman–Crippen LogP) is -0.593. The summed E-state index contributed by atoms with van der Waals surface area (Å²) in [5.41, 5.74) is 11.7. The van der Waals surface area contributed by atoms with Gasteiger partial charge in [-0.3, -0.25) is 4.98 Å². The first-order chi connectivity index (χ1) is 6.65. The zero-order valence-corrected chi connectivity index (χ0v) is 7.80. The molecule has 0 spiro atoms. The molecule has 0 aromatic carbocycles. The molecule has 5 nitrogen and oxygen atoms in total. The van der Waals surface area contributed by atoms with Crippen molar-refractivity contribution >= 4 is 5.69 Å². The summed E-state index contributed by atoms with van der Waals surface area (Å²) in [6.45, 7) is 0.327. The Labute approximate surface area is 82.4 Å². The average Bonchev–Trinajstić information content (AvgIpc) is 2.17. The number of rotatable bonds is 4. The van der Waals surface area contributed by atoms with Crippen molar-refractivity contribution in [1.29, 1.82) is 0 Å². The van der Waals surface area contributed by atoms with Crippen molar-refractivity contribution < 1.29 is 10.2 Å². The summed E-state index contributed by atoms with van der Waals surface area (Å²) in [7, 11) is 0. The van der Waals surface area contributed by atoms with Gasteiger partial charge >= 0.3 is 0 Å². The summed E-state index contributed by atoms with van der Waals surface area (Å²) in [6.07, 6.45) is 1.44. The van der Waals surface area contributed by atoms with E-state index in [0.29, 0.717) is 24.2 Å². The molecular formula is C9H15N3O2. The van der Waals surface area contributed by atoms with Crippen molar-refractivity contribution in [3.63, 3.8) is 0 Å². The Kier molecular flexibility index (Phi) is 3.82. The van der Waals surface area contributed by atoms with Crippen molar-refractivity contribution in [3.8, 4) is 0 Å². The fourth-order valence-corrected chi connectivity index (χ4v) is 1.19. The lowest BCUT2D eigenvalue weighted by Crippen LogP contribution is -2.21. The zero-order chi connectivity index (χ0) is 10.6. The number of nitrogens with two attached hydrogens (primary N) is 2. The van der Waals surface area contributed by atoms with E-state index in [1.165, 1.54) is 12.4 Å². The lowest BCUT2D eigenvalue weighted by atomic mass is 10.0. The quantitative estimate of drug-likeness (QED) is 0.516. The van der Waals surface area contributed by atoms with Crippen LogP contribution in [0.2, 0.25) is 0 Å². The molecular weight excluding hydrogens is 182 g/mol. The molecule has 78 valence electrons. The van der Waals surface area contributed by atoms with Crippen LogP contribution in [-0.4, -0.2) is 27.8 Å². The number of nitrogens with zero attached hydrogens (tertiary/aromatic N) is 1.